The van der Waals surface area contributed by atoms with Crippen LogP contribution in [0.3, 0.4) is 0 Å². The van der Waals surface area contributed by atoms with E-state index in [1.54, 1.807) is 11.3 Å². The highest BCUT2D eigenvalue weighted by Gasteiger charge is 2.43. The number of nitrogens with one attached hydrogen (secondary N) is 1. The van der Waals surface area contributed by atoms with Crippen molar-refractivity contribution in [3.63, 3.8) is 0 Å². The summed E-state index contributed by atoms with van der Waals surface area (Å²) in [6.45, 7) is 3.40. The van der Waals surface area contributed by atoms with Crippen molar-refractivity contribution < 1.29 is 14.6 Å². The average molecular weight is 324 g/mol. The third kappa shape index (κ3) is 3.68. The van der Waals surface area contributed by atoms with Crippen LogP contribution in [0.1, 0.15) is 30.6 Å². The second kappa shape index (κ2) is 7.08. The van der Waals surface area contributed by atoms with Gasteiger partial charge < -0.3 is 15.2 Å². The average Bonchev–Trinajstić information content (AvgIpc) is 3.04. The Hall–Kier alpha value is -0.950. The summed E-state index contributed by atoms with van der Waals surface area (Å²) in [6.07, 6.45) is 3.05. The van der Waals surface area contributed by atoms with Gasteiger partial charge in [-0.2, -0.15) is 0 Å². The number of carbonyl (C=O) groups is 1. The largest absolute Gasteiger partial charge is 0.390 e. The summed E-state index contributed by atoms with van der Waals surface area (Å²) in [6, 6.07) is 4.02. The molecule has 1 spiro atoms. The van der Waals surface area contributed by atoms with Crippen molar-refractivity contribution in [1.29, 1.82) is 0 Å². The SMILES string of the molecule is O=C(CN1CCC2(CC1)OCCC[C@H]2O)NCc1cccs1. The lowest BCUT2D eigenvalue weighted by molar-refractivity contribution is -0.177. The van der Waals surface area contributed by atoms with E-state index in [-0.39, 0.29) is 17.6 Å². The first-order chi connectivity index (χ1) is 10.7. The molecule has 122 valence electrons. The quantitative estimate of drug-likeness (QED) is 0.878. The predicted molar refractivity (Wildman–Crippen MR) is 85.8 cm³/mol. The Labute approximate surface area is 135 Å². The van der Waals surface area contributed by atoms with Crippen molar-refractivity contribution in [2.24, 2.45) is 0 Å². The molecule has 1 aromatic heterocycles. The van der Waals surface area contributed by atoms with E-state index < -0.39 is 0 Å². The van der Waals surface area contributed by atoms with Crippen molar-refractivity contribution in [3.05, 3.63) is 22.4 Å². The standard InChI is InChI=1S/C16H24N2O3S/c19-14-4-1-9-21-16(14)5-7-18(8-6-16)12-15(20)17-11-13-3-2-10-22-13/h2-3,10,14,19H,1,4-9,11-12H2,(H,17,20)/t14-/m1/s1. The molecule has 22 heavy (non-hydrogen) atoms. The van der Waals surface area contributed by atoms with Gasteiger partial charge in [0.15, 0.2) is 0 Å². The van der Waals surface area contributed by atoms with Crippen molar-refractivity contribution in [2.45, 2.75) is 43.9 Å². The van der Waals surface area contributed by atoms with Crippen molar-refractivity contribution >= 4 is 17.2 Å². The second-order valence-corrected chi connectivity index (χ2v) is 7.24. The van der Waals surface area contributed by atoms with Gasteiger partial charge in [0.05, 0.1) is 24.8 Å². The van der Waals surface area contributed by atoms with E-state index in [0.717, 1.165) is 45.4 Å². The molecule has 0 aromatic carbocycles. The molecular weight excluding hydrogens is 300 g/mol. The molecule has 2 aliphatic rings. The number of aliphatic hydroxyl groups excluding tert-OH is 1. The molecule has 0 aliphatic carbocycles. The first kappa shape index (κ1) is 15.9. The number of amides is 1. The molecule has 0 radical (unpaired) electrons. The van der Waals surface area contributed by atoms with E-state index >= 15 is 0 Å². The van der Waals surface area contributed by atoms with Crippen LogP contribution in [0.25, 0.3) is 0 Å². The van der Waals surface area contributed by atoms with Crippen molar-refractivity contribution in [1.82, 2.24) is 10.2 Å². The van der Waals surface area contributed by atoms with E-state index in [1.165, 1.54) is 4.88 Å². The van der Waals surface area contributed by atoms with Crippen LogP contribution in [0.15, 0.2) is 17.5 Å². The number of rotatable bonds is 4. The van der Waals surface area contributed by atoms with Crippen LogP contribution < -0.4 is 5.32 Å². The van der Waals surface area contributed by atoms with E-state index in [4.69, 9.17) is 4.74 Å². The van der Waals surface area contributed by atoms with Crippen LogP contribution in [0.2, 0.25) is 0 Å². The van der Waals surface area contributed by atoms with Gasteiger partial charge in [-0.1, -0.05) is 6.07 Å². The topological polar surface area (TPSA) is 61.8 Å². The van der Waals surface area contributed by atoms with Crippen LogP contribution >= 0.6 is 11.3 Å². The van der Waals surface area contributed by atoms with Crippen LogP contribution in [0.5, 0.6) is 0 Å². The summed E-state index contributed by atoms with van der Waals surface area (Å²) >= 11 is 1.65. The number of aliphatic hydroxyl groups is 1. The maximum atomic E-state index is 12.0. The van der Waals surface area contributed by atoms with Crippen molar-refractivity contribution in [2.75, 3.05) is 26.2 Å². The minimum absolute atomic E-state index is 0.0643. The van der Waals surface area contributed by atoms with Gasteiger partial charge in [0, 0.05) is 24.6 Å². The van der Waals surface area contributed by atoms with Gasteiger partial charge in [0.25, 0.3) is 0 Å². The highest BCUT2D eigenvalue weighted by atomic mass is 32.1. The first-order valence-electron chi connectivity index (χ1n) is 8.01. The fraction of sp³-hybridized carbons (Fsp3) is 0.688. The molecule has 1 atom stereocenters. The third-order valence-electron chi connectivity index (χ3n) is 4.73. The highest BCUT2D eigenvalue weighted by Crippen LogP contribution is 2.35. The Morgan fingerprint density at radius 2 is 2.32 bits per heavy atom. The Kier molecular flexibility index (Phi) is 5.13. The van der Waals surface area contributed by atoms with Gasteiger partial charge >= 0.3 is 0 Å². The molecule has 0 bridgehead atoms. The molecule has 0 saturated carbocycles. The molecule has 2 saturated heterocycles. The number of thiophene rings is 1. The number of ether oxygens (including phenoxy) is 1. The van der Waals surface area contributed by atoms with Crippen LogP contribution in [0, 0.1) is 0 Å². The summed E-state index contributed by atoms with van der Waals surface area (Å²) in [4.78, 5) is 15.3. The van der Waals surface area contributed by atoms with Crippen LogP contribution in [-0.2, 0) is 16.1 Å². The second-order valence-electron chi connectivity index (χ2n) is 6.20. The fourth-order valence-corrected chi connectivity index (χ4v) is 3.98. The Balaban J connectivity index is 1.42. The molecule has 2 aliphatic heterocycles. The molecule has 1 amide bonds. The van der Waals surface area contributed by atoms with Gasteiger partial charge in [-0.25, -0.2) is 0 Å². The van der Waals surface area contributed by atoms with E-state index in [0.29, 0.717) is 13.1 Å². The zero-order chi connectivity index (χ0) is 15.4. The van der Waals surface area contributed by atoms with Crippen LogP contribution in [-0.4, -0.2) is 53.9 Å². The predicted octanol–water partition coefficient (Wildman–Crippen LogP) is 1.37. The zero-order valence-corrected chi connectivity index (χ0v) is 13.6. The van der Waals surface area contributed by atoms with Gasteiger partial charge in [-0.3, -0.25) is 9.69 Å². The van der Waals surface area contributed by atoms with Gasteiger partial charge in [-0.15, -0.1) is 11.3 Å². The molecule has 2 fully saturated rings. The Bertz CT molecular complexity index is 484. The summed E-state index contributed by atoms with van der Waals surface area (Å²) in [5, 5.41) is 15.2. The fourth-order valence-electron chi connectivity index (χ4n) is 3.34. The maximum Gasteiger partial charge on any atom is 0.234 e. The lowest BCUT2D eigenvalue weighted by atomic mass is 9.82. The molecule has 3 heterocycles. The highest BCUT2D eigenvalue weighted by molar-refractivity contribution is 7.09. The molecule has 6 heteroatoms. The number of hydrogen-bond acceptors (Lipinski definition) is 5. The maximum absolute atomic E-state index is 12.0. The number of likely N-dealkylation sites (tertiary alicyclic amines) is 1. The van der Waals surface area contributed by atoms with Gasteiger partial charge in [0.2, 0.25) is 5.91 Å². The third-order valence-corrected chi connectivity index (χ3v) is 5.60. The molecule has 3 rings (SSSR count). The zero-order valence-electron chi connectivity index (χ0n) is 12.8. The molecular formula is C16H24N2O3S. The Morgan fingerprint density at radius 3 is 3.00 bits per heavy atom. The number of hydrogen-bond donors (Lipinski definition) is 2. The van der Waals surface area contributed by atoms with Gasteiger partial charge in [-0.05, 0) is 37.1 Å². The monoisotopic (exact) mass is 324 g/mol. The number of piperidine rings is 1. The molecule has 1 aromatic rings. The van der Waals surface area contributed by atoms with E-state index in [9.17, 15) is 9.90 Å². The number of carbonyl (C=O) groups excluding carboxylic acids is 1. The van der Waals surface area contributed by atoms with E-state index in [2.05, 4.69) is 10.2 Å². The summed E-state index contributed by atoms with van der Waals surface area (Å²) in [7, 11) is 0. The summed E-state index contributed by atoms with van der Waals surface area (Å²) in [5.41, 5.74) is -0.359. The normalized spacial score (nSPS) is 25.2. The molecule has 5 nitrogen and oxygen atoms in total. The summed E-state index contributed by atoms with van der Waals surface area (Å²) < 4.78 is 5.89. The summed E-state index contributed by atoms with van der Waals surface area (Å²) in [5.74, 6) is 0.0643. The lowest BCUT2D eigenvalue weighted by Crippen LogP contribution is -2.56. The number of nitrogens with zero attached hydrogens (tertiary/aromatic N) is 1. The van der Waals surface area contributed by atoms with Crippen molar-refractivity contribution in [3.8, 4) is 0 Å². The minimum atomic E-state index is -0.359. The minimum Gasteiger partial charge on any atom is -0.390 e. The lowest BCUT2D eigenvalue weighted by Gasteiger charge is -2.46. The molecule has 2 N–H and O–H groups in total. The van der Waals surface area contributed by atoms with E-state index in [1.807, 2.05) is 17.5 Å². The van der Waals surface area contributed by atoms with Gasteiger partial charge in [0.1, 0.15) is 0 Å². The first-order valence-corrected chi connectivity index (χ1v) is 8.89. The smallest absolute Gasteiger partial charge is 0.234 e. The Morgan fingerprint density at radius 1 is 1.50 bits per heavy atom. The van der Waals surface area contributed by atoms with Crippen LogP contribution in [0.4, 0.5) is 0 Å². The molecule has 0 unspecified atom stereocenters.